The molecule has 2 N–H and O–H groups in total. The van der Waals surface area contributed by atoms with Crippen molar-refractivity contribution in [1.29, 1.82) is 0 Å². The third kappa shape index (κ3) is 3.00. The van der Waals surface area contributed by atoms with E-state index < -0.39 is 0 Å². The van der Waals surface area contributed by atoms with Crippen LogP contribution in [0.4, 0.5) is 5.13 Å². The summed E-state index contributed by atoms with van der Waals surface area (Å²) in [5, 5.41) is 3.14. The van der Waals surface area contributed by atoms with Crippen molar-refractivity contribution in [3.63, 3.8) is 0 Å². The highest BCUT2D eigenvalue weighted by Crippen LogP contribution is 2.22. The third-order valence-electron chi connectivity index (χ3n) is 3.93. The van der Waals surface area contributed by atoms with E-state index in [0.29, 0.717) is 6.04 Å². The average Bonchev–Trinajstić information content (AvgIpc) is 3.12. The number of thiazole rings is 1. The van der Waals surface area contributed by atoms with Crippen LogP contribution >= 0.6 is 11.3 Å². The Morgan fingerprint density at radius 3 is 2.63 bits per heavy atom. The smallest absolute Gasteiger partial charge is 0.191 e. The third-order valence-corrected chi connectivity index (χ3v) is 4.77. The van der Waals surface area contributed by atoms with Gasteiger partial charge >= 0.3 is 0 Å². The number of nitrogens with zero attached hydrogens (tertiary/aromatic N) is 4. The first kappa shape index (κ1) is 12.7. The van der Waals surface area contributed by atoms with Crippen molar-refractivity contribution in [2.75, 3.05) is 31.1 Å². The van der Waals surface area contributed by atoms with Gasteiger partial charge in [0.15, 0.2) is 11.1 Å². The first-order chi connectivity index (χ1) is 9.33. The first-order valence-corrected chi connectivity index (χ1v) is 7.93. The lowest BCUT2D eigenvalue weighted by atomic mass is 10.3. The molecule has 1 aliphatic carbocycles. The predicted octanol–water partition coefficient (Wildman–Crippen LogP) is 1.52. The topological polar surface area (TPSA) is 57.8 Å². The van der Waals surface area contributed by atoms with Crippen LogP contribution in [0.15, 0.2) is 16.6 Å². The Hall–Kier alpha value is -1.30. The number of piperazine rings is 1. The van der Waals surface area contributed by atoms with E-state index >= 15 is 0 Å². The number of nitrogens with two attached hydrogens (primary N) is 1. The van der Waals surface area contributed by atoms with Crippen LogP contribution in [0, 0.1) is 0 Å². The van der Waals surface area contributed by atoms with Crippen LogP contribution in [0.3, 0.4) is 0 Å². The van der Waals surface area contributed by atoms with Gasteiger partial charge in [-0.05, 0) is 12.8 Å². The van der Waals surface area contributed by atoms with E-state index in [9.17, 15) is 0 Å². The summed E-state index contributed by atoms with van der Waals surface area (Å²) in [6, 6.07) is 0.469. The molecule has 1 saturated carbocycles. The Morgan fingerprint density at radius 2 is 2.00 bits per heavy atom. The maximum atomic E-state index is 6.14. The number of hydrogen-bond acceptors (Lipinski definition) is 4. The normalized spacial score (nSPS) is 22.2. The van der Waals surface area contributed by atoms with Crippen molar-refractivity contribution in [1.82, 2.24) is 9.88 Å². The zero-order chi connectivity index (χ0) is 13.1. The minimum absolute atomic E-state index is 0.469. The molecule has 2 heterocycles. The minimum atomic E-state index is 0.469. The van der Waals surface area contributed by atoms with Gasteiger partial charge < -0.3 is 15.5 Å². The largest absolute Gasteiger partial charge is 0.370 e. The van der Waals surface area contributed by atoms with E-state index in [0.717, 1.165) is 37.3 Å². The van der Waals surface area contributed by atoms with Crippen LogP contribution in [0.2, 0.25) is 0 Å². The van der Waals surface area contributed by atoms with Gasteiger partial charge in [0, 0.05) is 37.8 Å². The Balaban J connectivity index is 1.54. The molecule has 0 atom stereocenters. The monoisotopic (exact) mass is 279 g/mol. The molecule has 104 valence electrons. The summed E-state index contributed by atoms with van der Waals surface area (Å²) in [4.78, 5) is 13.6. The molecule has 5 nitrogen and oxygen atoms in total. The fourth-order valence-electron chi connectivity index (χ4n) is 2.80. The average molecular weight is 279 g/mol. The number of anilines is 1. The number of rotatable bonds is 2. The lowest BCUT2D eigenvalue weighted by Crippen LogP contribution is -2.51. The molecular formula is C13H21N5S. The Bertz CT molecular complexity index is 416. The van der Waals surface area contributed by atoms with Crippen molar-refractivity contribution in [3.8, 4) is 0 Å². The highest BCUT2D eigenvalue weighted by molar-refractivity contribution is 7.13. The highest BCUT2D eigenvalue weighted by Gasteiger charge is 2.21. The van der Waals surface area contributed by atoms with Crippen molar-refractivity contribution in [2.45, 2.75) is 31.7 Å². The van der Waals surface area contributed by atoms with Crippen molar-refractivity contribution >= 4 is 22.4 Å². The second-order valence-corrected chi connectivity index (χ2v) is 6.09. The lowest BCUT2D eigenvalue weighted by Gasteiger charge is -2.35. The molecule has 0 unspecified atom stereocenters. The minimum Gasteiger partial charge on any atom is -0.370 e. The molecule has 1 aromatic heterocycles. The fraction of sp³-hybridized carbons (Fsp3) is 0.692. The number of guanidine groups is 1. The molecule has 19 heavy (non-hydrogen) atoms. The molecular weight excluding hydrogens is 258 g/mol. The maximum absolute atomic E-state index is 6.14. The Labute approximate surface area is 118 Å². The van der Waals surface area contributed by atoms with Gasteiger partial charge in [0.2, 0.25) is 0 Å². The number of hydrogen-bond donors (Lipinski definition) is 1. The molecule has 0 bridgehead atoms. The molecule has 1 saturated heterocycles. The zero-order valence-electron chi connectivity index (χ0n) is 11.2. The molecule has 1 aliphatic heterocycles. The van der Waals surface area contributed by atoms with E-state index in [1.807, 2.05) is 11.6 Å². The van der Waals surface area contributed by atoms with Gasteiger partial charge in [-0.25, -0.2) is 9.98 Å². The van der Waals surface area contributed by atoms with Gasteiger partial charge in [0.05, 0.1) is 6.04 Å². The zero-order valence-corrected chi connectivity index (χ0v) is 12.0. The van der Waals surface area contributed by atoms with Crippen LogP contribution in [0.1, 0.15) is 25.7 Å². The molecule has 6 heteroatoms. The van der Waals surface area contributed by atoms with Gasteiger partial charge in [0.1, 0.15) is 0 Å². The summed E-state index contributed by atoms with van der Waals surface area (Å²) < 4.78 is 0. The van der Waals surface area contributed by atoms with Crippen molar-refractivity contribution in [3.05, 3.63) is 11.6 Å². The van der Waals surface area contributed by atoms with Gasteiger partial charge in [-0.1, -0.05) is 12.8 Å². The molecule has 0 spiro atoms. The van der Waals surface area contributed by atoms with E-state index in [1.165, 1.54) is 25.7 Å². The second-order valence-electron chi connectivity index (χ2n) is 5.21. The quantitative estimate of drug-likeness (QED) is 0.659. The van der Waals surface area contributed by atoms with Gasteiger partial charge in [0.25, 0.3) is 0 Å². The number of aliphatic imine (C=N–C) groups is 1. The molecule has 0 amide bonds. The molecule has 0 radical (unpaired) electrons. The summed E-state index contributed by atoms with van der Waals surface area (Å²) in [5.41, 5.74) is 6.14. The standard InChI is InChI=1S/C13H21N5S/c14-12(16-11-3-1-2-4-11)17-6-8-18(9-7-17)13-15-5-10-19-13/h5,10-11H,1-4,6-9H2,(H2,14,16). The highest BCUT2D eigenvalue weighted by atomic mass is 32.1. The summed E-state index contributed by atoms with van der Waals surface area (Å²) in [5.74, 6) is 0.741. The number of aromatic nitrogens is 1. The molecule has 3 rings (SSSR count). The van der Waals surface area contributed by atoms with Crippen LogP contribution < -0.4 is 10.6 Å². The summed E-state index contributed by atoms with van der Waals surface area (Å²) >= 11 is 1.70. The Morgan fingerprint density at radius 1 is 1.26 bits per heavy atom. The van der Waals surface area contributed by atoms with E-state index in [4.69, 9.17) is 5.73 Å². The van der Waals surface area contributed by atoms with Crippen LogP contribution in [0.25, 0.3) is 0 Å². The summed E-state index contributed by atoms with van der Waals surface area (Å²) in [6.07, 6.45) is 6.89. The predicted molar refractivity (Wildman–Crippen MR) is 79.8 cm³/mol. The van der Waals surface area contributed by atoms with E-state index in [-0.39, 0.29) is 0 Å². The van der Waals surface area contributed by atoms with Gasteiger partial charge in [-0.2, -0.15) is 0 Å². The van der Waals surface area contributed by atoms with E-state index in [2.05, 4.69) is 19.8 Å². The molecule has 2 fully saturated rings. The second kappa shape index (κ2) is 5.77. The van der Waals surface area contributed by atoms with E-state index in [1.54, 1.807) is 11.3 Å². The van der Waals surface area contributed by atoms with Crippen LogP contribution in [-0.2, 0) is 0 Å². The summed E-state index contributed by atoms with van der Waals surface area (Å²) in [6.45, 7) is 3.85. The SMILES string of the molecule is NC(=NC1CCCC1)N1CCN(c2nccs2)CC1. The summed E-state index contributed by atoms with van der Waals surface area (Å²) in [7, 11) is 0. The van der Waals surface area contributed by atoms with Crippen LogP contribution in [0.5, 0.6) is 0 Å². The molecule has 1 aromatic rings. The molecule has 2 aliphatic rings. The maximum Gasteiger partial charge on any atom is 0.191 e. The van der Waals surface area contributed by atoms with Crippen LogP contribution in [-0.4, -0.2) is 48.1 Å². The van der Waals surface area contributed by atoms with Gasteiger partial charge in [-0.15, -0.1) is 11.3 Å². The molecule has 0 aromatic carbocycles. The van der Waals surface area contributed by atoms with Crippen molar-refractivity contribution < 1.29 is 0 Å². The lowest BCUT2D eigenvalue weighted by molar-refractivity contribution is 0.378. The first-order valence-electron chi connectivity index (χ1n) is 7.05. The van der Waals surface area contributed by atoms with Gasteiger partial charge in [-0.3, -0.25) is 0 Å². The van der Waals surface area contributed by atoms with Crippen molar-refractivity contribution in [2.24, 2.45) is 10.7 Å². The Kier molecular flexibility index (Phi) is 3.87. The fourth-order valence-corrected chi connectivity index (χ4v) is 3.50.